The van der Waals surface area contributed by atoms with Crippen LogP contribution in [0.25, 0.3) is 0 Å². The molecule has 1 aliphatic heterocycles. The highest BCUT2D eigenvalue weighted by molar-refractivity contribution is 5.56. The third-order valence-corrected chi connectivity index (χ3v) is 10.7. The minimum Gasteiger partial charge on any atom is -0.493 e. The maximum atomic E-state index is 12.2. The fourth-order valence-corrected chi connectivity index (χ4v) is 7.65. The van der Waals surface area contributed by atoms with Crippen LogP contribution in [0.2, 0.25) is 0 Å². The van der Waals surface area contributed by atoms with E-state index in [1.165, 1.54) is 0 Å². The normalized spacial score (nSPS) is 34.4. The van der Waals surface area contributed by atoms with Gasteiger partial charge in [0.05, 0.1) is 25.4 Å². The maximum absolute atomic E-state index is 12.2. The standard InChI is InChI=1S/C30H48N2O4/c1-12-30(36-11)18-29(24-20(2)13-14-22(34-9)25(24)35-10)15-16-32(19-31)21(3)27(29,7)17-23(30)28(8,33)26(4,5)6/h13-14,21,23,33H,12,15-18H2,1-11H3/t21?,23-,27-,28+,29-,30?/m1/s1. The van der Waals surface area contributed by atoms with Crippen LogP contribution in [0, 0.1) is 35.1 Å². The first-order chi connectivity index (χ1) is 16.7. The average molecular weight is 501 g/mol. The van der Waals surface area contributed by atoms with Gasteiger partial charge in [-0.3, -0.25) is 0 Å². The second kappa shape index (κ2) is 9.40. The molecular weight excluding hydrogens is 452 g/mol. The average Bonchev–Trinajstić information content (AvgIpc) is 2.83. The lowest BCUT2D eigenvalue weighted by molar-refractivity contribution is -0.239. The molecule has 202 valence electrons. The number of hydrogen-bond donors (Lipinski definition) is 1. The summed E-state index contributed by atoms with van der Waals surface area (Å²) in [6.07, 6.45) is 5.48. The van der Waals surface area contributed by atoms with E-state index in [2.05, 4.69) is 60.7 Å². The Morgan fingerprint density at radius 3 is 2.28 bits per heavy atom. The minimum absolute atomic E-state index is 0.0310. The van der Waals surface area contributed by atoms with Crippen LogP contribution in [-0.4, -0.2) is 55.1 Å². The van der Waals surface area contributed by atoms with Gasteiger partial charge in [-0.2, -0.15) is 5.26 Å². The molecule has 0 aromatic heterocycles. The lowest BCUT2D eigenvalue weighted by Crippen LogP contribution is -2.71. The first kappa shape index (κ1) is 28.6. The van der Waals surface area contributed by atoms with Gasteiger partial charge < -0.3 is 24.2 Å². The number of likely N-dealkylation sites (tertiary alicyclic amines) is 1. The molecule has 0 bridgehead atoms. The van der Waals surface area contributed by atoms with E-state index in [1.807, 2.05) is 17.9 Å². The van der Waals surface area contributed by atoms with Gasteiger partial charge in [0.1, 0.15) is 0 Å². The Hall–Kier alpha value is -1.97. The summed E-state index contributed by atoms with van der Waals surface area (Å²) in [6.45, 7) is 17.8. The Labute approximate surface area is 218 Å². The number of fused-ring (bicyclic) bond motifs is 1. The summed E-state index contributed by atoms with van der Waals surface area (Å²) < 4.78 is 18.3. The number of benzene rings is 1. The van der Waals surface area contributed by atoms with Crippen molar-refractivity contribution in [1.82, 2.24) is 4.90 Å². The number of nitriles is 1. The number of methoxy groups -OCH3 is 3. The quantitative estimate of drug-likeness (QED) is 0.495. The van der Waals surface area contributed by atoms with Gasteiger partial charge >= 0.3 is 0 Å². The number of rotatable bonds is 6. The topological polar surface area (TPSA) is 75.0 Å². The molecule has 0 amide bonds. The number of piperidine rings is 1. The van der Waals surface area contributed by atoms with Crippen LogP contribution in [0.4, 0.5) is 0 Å². The molecule has 2 fully saturated rings. The van der Waals surface area contributed by atoms with Crippen LogP contribution in [0.3, 0.4) is 0 Å². The van der Waals surface area contributed by atoms with Crippen LogP contribution in [0.1, 0.15) is 85.3 Å². The fraction of sp³-hybridized carbons (Fsp3) is 0.767. The zero-order valence-electron chi connectivity index (χ0n) is 24.4. The largest absolute Gasteiger partial charge is 0.493 e. The number of ether oxygens (including phenoxy) is 3. The molecule has 1 saturated heterocycles. The number of nitrogens with zero attached hydrogens (tertiary/aromatic N) is 2. The molecule has 6 nitrogen and oxygen atoms in total. The van der Waals surface area contributed by atoms with E-state index in [-0.39, 0.29) is 28.2 Å². The van der Waals surface area contributed by atoms with Gasteiger partial charge in [0, 0.05) is 36.6 Å². The molecule has 1 aliphatic carbocycles. The van der Waals surface area contributed by atoms with E-state index in [4.69, 9.17) is 14.2 Å². The van der Waals surface area contributed by atoms with Crippen molar-refractivity contribution < 1.29 is 19.3 Å². The molecule has 2 aliphatic rings. The monoisotopic (exact) mass is 500 g/mol. The maximum Gasteiger partial charge on any atom is 0.179 e. The van der Waals surface area contributed by atoms with Crippen LogP contribution in [-0.2, 0) is 10.2 Å². The molecule has 6 heteroatoms. The fourth-order valence-electron chi connectivity index (χ4n) is 7.65. The van der Waals surface area contributed by atoms with Crippen molar-refractivity contribution in [2.24, 2.45) is 16.7 Å². The predicted octanol–water partition coefficient (Wildman–Crippen LogP) is 5.83. The van der Waals surface area contributed by atoms with Crippen molar-refractivity contribution in [1.29, 1.82) is 5.26 Å². The summed E-state index contributed by atoms with van der Waals surface area (Å²) in [4.78, 5) is 1.93. The Balaban J connectivity index is 2.42. The van der Waals surface area contributed by atoms with Gasteiger partial charge in [-0.15, -0.1) is 0 Å². The van der Waals surface area contributed by atoms with E-state index in [1.54, 1.807) is 21.3 Å². The van der Waals surface area contributed by atoms with Crippen LogP contribution in [0.15, 0.2) is 12.1 Å². The molecule has 1 saturated carbocycles. The lowest BCUT2D eigenvalue weighted by atomic mass is 9.41. The Bertz CT molecular complexity index is 1000. The van der Waals surface area contributed by atoms with E-state index in [0.717, 1.165) is 42.6 Å². The van der Waals surface area contributed by atoms with Crippen molar-refractivity contribution in [3.8, 4) is 17.7 Å². The number of aliphatic hydroxyl groups is 1. The van der Waals surface area contributed by atoms with Crippen LogP contribution in [0.5, 0.6) is 11.5 Å². The van der Waals surface area contributed by atoms with E-state index in [0.29, 0.717) is 12.3 Å². The first-order valence-corrected chi connectivity index (χ1v) is 13.3. The van der Waals surface area contributed by atoms with Gasteiger partial charge in [-0.25, -0.2) is 0 Å². The Morgan fingerprint density at radius 2 is 1.81 bits per heavy atom. The molecule has 1 aromatic rings. The predicted molar refractivity (Wildman–Crippen MR) is 143 cm³/mol. The third kappa shape index (κ3) is 3.80. The molecule has 0 spiro atoms. The molecule has 0 radical (unpaired) electrons. The SMILES string of the molecule is CCC1(OC)C[C@@]2(c3c(C)ccc(OC)c3OC)CCN(C#N)C(C)[C@@]2(C)C[C@@H]1[C@](C)(O)C(C)(C)C. The zero-order valence-corrected chi connectivity index (χ0v) is 24.4. The summed E-state index contributed by atoms with van der Waals surface area (Å²) in [5, 5.41) is 22.2. The number of aryl methyl sites for hydroxylation is 1. The smallest absolute Gasteiger partial charge is 0.179 e. The highest BCUT2D eigenvalue weighted by Gasteiger charge is 2.69. The van der Waals surface area contributed by atoms with Crippen LogP contribution >= 0.6 is 0 Å². The second-order valence-corrected chi connectivity index (χ2v) is 12.7. The molecule has 6 atom stereocenters. The van der Waals surface area contributed by atoms with Gasteiger partial charge in [-0.1, -0.05) is 40.7 Å². The Kier molecular flexibility index (Phi) is 7.47. The van der Waals surface area contributed by atoms with Gasteiger partial charge in [0.2, 0.25) is 0 Å². The molecular formula is C30H48N2O4. The number of hydrogen-bond acceptors (Lipinski definition) is 6. The summed E-state index contributed by atoms with van der Waals surface area (Å²) in [5.41, 5.74) is -0.285. The summed E-state index contributed by atoms with van der Waals surface area (Å²) >= 11 is 0. The lowest BCUT2D eigenvalue weighted by Gasteiger charge is -2.68. The van der Waals surface area contributed by atoms with Crippen molar-refractivity contribution in [3.05, 3.63) is 23.3 Å². The second-order valence-electron chi connectivity index (χ2n) is 12.7. The van der Waals surface area contributed by atoms with E-state index in [9.17, 15) is 10.4 Å². The summed E-state index contributed by atoms with van der Waals surface area (Å²) in [5.74, 6) is 1.35. The van der Waals surface area contributed by atoms with E-state index < -0.39 is 11.2 Å². The molecule has 1 N–H and O–H groups in total. The highest BCUT2D eigenvalue weighted by atomic mass is 16.5. The molecule has 1 heterocycles. The van der Waals surface area contributed by atoms with Crippen molar-refractivity contribution in [2.75, 3.05) is 27.9 Å². The van der Waals surface area contributed by atoms with Crippen molar-refractivity contribution in [3.63, 3.8) is 0 Å². The molecule has 3 rings (SSSR count). The molecule has 36 heavy (non-hydrogen) atoms. The van der Waals surface area contributed by atoms with Crippen molar-refractivity contribution in [2.45, 2.75) is 104 Å². The molecule has 1 aromatic carbocycles. The summed E-state index contributed by atoms with van der Waals surface area (Å²) in [7, 11) is 5.19. The van der Waals surface area contributed by atoms with Crippen LogP contribution < -0.4 is 9.47 Å². The highest BCUT2D eigenvalue weighted by Crippen LogP contribution is 2.68. The van der Waals surface area contributed by atoms with Gasteiger partial charge in [-0.05, 0) is 68.9 Å². The van der Waals surface area contributed by atoms with Crippen molar-refractivity contribution >= 4 is 0 Å². The first-order valence-electron chi connectivity index (χ1n) is 13.3. The van der Waals surface area contributed by atoms with E-state index >= 15 is 0 Å². The van der Waals surface area contributed by atoms with Gasteiger partial charge in [0.15, 0.2) is 17.7 Å². The molecule has 2 unspecified atom stereocenters. The Morgan fingerprint density at radius 1 is 1.17 bits per heavy atom. The third-order valence-electron chi connectivity index (χ3n) is 10.7. The zero-order chi connectivity index (χ0) is 27.3. The summed E-state index contributed by atoms with van der Waals surface area (Å²) in [6, 6.07) is 4.06. The minimum atomic E-state index is -0.990. The van der Waals surface area contributed by atoms with Gasteiger partial charge in [0.25, 0.3) is 0 Å².